The predicted octanol–water partition coefficient (Wildman–Crippen LogP) is 2.41. The molecule has 4 nitrogen and oxygen atoms in total. The molecule has 1 aromatic rings. The molecule has 0 amide bonds. The van der Waals surface area contributed by atoms with Crippen molar-refractivity contribution in [1.29, 1.82) is 0 Å². The summed E-state index contributed by atoms with van der Waals surface area (Å²) in [4.78, 5) is 7.80. The standard InChI is InChI=1S/C10H14F3N3O/c1-3-7-8(14-2)15-6-16-9(7)17-5-4-10(11,12)13/h6H,3-5H2,1-2H3,(H,14,15,16). The minimum absolute atomic E-state index is 0.205. The van der Waals surface area contributed by atoms with Gasteiger partial charge < -0.3 is 10.1 Å². The normalized spacial score (nSPS) is 11.4. The zero-order valence-electron chi connectivity index (χ0n) is 9.64. The van der Waals surface area contributed by atoms with E-state index >= 15 is 0 Å². The van der Waals surface area contributed by atoms with Gasteiger partial charge in [-0.15, -0.1) is 0 Å². The van der Waals surface area contributed by atoms with E-state index in [1.165, 1.54) is 6.33 Å². The second-order valence-corrected chi connectivity index (χ2v) is 3.32. The van der Waals surface area contributed by atoms with E-state index in [9.17, 15) is 13.2 Å². The molecule has 1 rings (SSSR count). The first-order valence-corrected chi connectivity index (χ1v) is 5.19. The molecule has 7 heteroatoms. The van der Waals surface area contributed by atoms with Crippen molar-refractivity contribution >= 4 is 5.82 Å². The van der Waals surface area contributed by atoms with Crippen LogP contribution in [0.3, 0.4) is 0 Å². The molecule has 96 valence electrons. The van der Waals surface area contributed by atoms with Gasteiger partial charge in [0, 0.05) is 7.05 Å². The summed E-state index contributed by atoms with van der Waals surface area (Å²) >= 11 is 0. The summed E-state index contributed by atoms with van der Waals surface area (Å²) in [5, 5.41) is 2.84. The first-order chi connectivity index (χ1) is 7.98. The van der Waals surface area contributed by atoms with Crippen molar-refractivity contribution in [3.8, 4) is 5.88 Å². The molecule has 1 N–H and O–H groups in total. The number of nitrogens with one attached hydrogen (secondary N) is 1. The van der Waals surface area contributed by atoms with E-state index in [2.05, 4.69) is 15.3 Å². The highest BCUT2D eigenvalue weighted by Crippen LogP contribution is 2.24. The van der Waals surface area contributed by atoms with Crippen molar-refractivity contribution in [1.82, 2.24) is 9.97 Å². The molecule has 0 unspecified atom stereocenters. The predicted molar refractivity (Wildman–Crippen MR) is 57.1 cm³/mol. The van der Waals surface area contributed by atoms with Gasteiger partial charge in [0.15, 0.2) is 0 Å². The van der Waals surface area contributed by atoms with Gasteiger partial charge in [-0.25, -0.2) is 9.97 Å². The van der Waals surface area contributed by atoms with E-state index in [4.69, 9.17) is 4.74 Å². The number of halogens is 3. The number of alkyl halides is 3. The topological polar surface area (TPSA) is 47.0 Å². The lowest BCUT2D eigenvalue weighted by atomic mass is 10.2. The molecule has 0 saturated heterocycles. The summed E-state index contributed by atoms with van der Waals surface area (Å²) in [6.45, 7) is 1.42. The fraction of sp³-hybridized carbons (Fsp3) is 0.600. The molecule has 0 spiro atoms. The molecule has 0 aliphatic heterocycles. The Morgan fingerprint density at radius 1 is 1.35 bits per heavy atom. The van der Waals surface area contributed by atoms with Crippen molar-refractivity contribution < 1.29 is 17.9 Å². The van der Waals surface area contributed by atoms with E-state index in [0.29, 0.717) is 17.8 Å². The van der Waals surface area contributed by atoms with Gasteiger partial charge in [0.1, 0.15) is 12.1 Å². The Morgan fingerprint density at radius 2 is 2.06 bits per heavy atom. The number of hydrogen-bond acceptors (Lipinski definition) is 4. The quantitative estimate of drug-likeness (QED) is 0.870. The van der Waals surface area contributed by atoms with Crippen LogP contribution in [0.1, 0.15) is 18.9 Å². The fourth-order valence-electron chi connectivity index (χ4n) is 1.32. The molecule has 0 saturated carbocycles. The van der Waals surface area contributed by atoms with Crippen LogP contribution in [0, 0.1) is 0 Å². The maximum atomic E-state index is 12.0. The van der Waals surface area contributed by atoms with Crippen LogP contribution >= 0.6 is 0 Å². The van der Waals surface area contributed by atoms with Gasteiger partial charge in [0.05, 0.1) is 18.6 Å². The summed E-state index contributed by atoms with van der Waals surface area (Å²) < 4.78 is 40.9. The summed E-state index contributed by atoms with van der Waals surface area (Å²) in [5.74, 6) is 0.778. The van der Waals surface area contributed by atoms with Crippen LogP contribution in [0.15, 0.2) is 6.33 Å². The zero-order chi connectivity index (χ0) is 12.9. The van der Waals surface area contributed by atoms with Crippen LogP contribution in [-0.4, -0.2) is 29.8 Å². The first kappa shape index (κ1) is 13.5. The Labute approximate surface area is 97.2 Å². The Bertz CT molecular complexity index is 368. The largest absolute Gasteiger partial charge is 0.477 e. The molecule has 0 radical (unpaired) electrons. The Balaban J connectivity index is 2.70. The van der Waals surface area contributed by atoms with Crippen LogP contribution in [-0.2, 0) is 6.42 Å². The molecule has 0 fully saturated rings. The second kappa shape index (κ2) is 5.70. The van der Waals surface area contributed by atoms with Crippen molar-refractivity contribution in [2.45, 2.75) is 25.9 Å². The third-order valence-electron chi connectivity index (χ3n) is 2.12. The Kier molecular flexibility index (Phi) is 4.53. The SMILES string of the molecule is CCc1c(NC)ncnc1OCCC(F)(F)F. The Morgan fingerprint density at radius 3 is 2.59 bits per heavy atom. The van der Waals surface area contributed by atoms with Crippen molar-refractivity contribution in [3.05, 3.63) is 11.9 Å². The number of aromatic nitrogens is 2. The highest BCUT2D eigenvalue weighted by molar-refractivity contribution is 5.48. The highest BCUT2D eigenvalue weighted by Gasteiger charge is 2.27. The van der Waals surface area contributed by atoms with Crippen molar-refractivity contribution in [2.75, 3.05) is 19.0 Å². The fourth-order valence-corrected chi connectivity index (χ4v) is 1.32. The van der Waals surface area contributed by atoms with E-state index in [0.717, 1.165) is 0 Å². The summed E-state index contributed by atoms with van der Waals surface area (Å²) in [7, 11) is 1.68. The summed E-state index contributed by atoms with van der Waals surface area (Å²) in [5.41, 5.74) is 0.678. The van der Waals surface area contributed by atoms with Gasteiger partial charge in [-0.05, 0) is 6.42 Å². The summed E-state index contributed by atoms with van der Waals surface area (Å²) in [6.07, 6.45) is -3.37. The smallest absolute Gasteiger partial charge is 0.392 e. The van der Waals surface area contributed by atoms with Crippen LogP contribution in [0.2, 0.25) is 0 Å². The van der Waals surface area contributed by atoms with Gasteiger partial charge in [0.25, 0.3) is 0 Å². The molecule has 1 aromatic heterocycles. The monoisotopic (exact) mass is 249 g/mol. The molecule has 0 aromatic carbocycles. The number of ether oxygens (including phenoxy) is 1. The molecule has 17 heavy (non-hydrogen) atoms. The van der Waals surface area contributed by atoms with Crippen molar-refractivity contribution in [3.63, 3.8) is 0 Å². The summed E-state index contributed by atoms with van der Waals surface area (Å²) in [6, 6.07) is 0. The van der Waals surface area contributed by atoms with Gasteiger partial charge in [-0.3, -0.25) is 0 Å². The maximum absolute atomic E-state index is 12.0. The lowest BCUT2D eigenvalue weighted by Crippen LogP contribution is -2.14. The van der Waals surface area contributed by atoms with Gasteiger partial charge >= 0.3 is 6.18 Å². The average molecular weight is 249 g/mol. The number of anilines is 1. The first-order valence-electron chi connectivity index (χ1n) is 5.19. The van der Waals surface area contributed by atoms with E-state index in [1.807, 2.05) is 6.92 Å². The molecule has 0 aliphatic carbocycles. The van der Waals surface area contributed by atoms with E-state index in [-0.39, 0.29) is 5.88 Å². The van der Waals surface area contributed by atoms with E-state index in [1.54, 1.807) is 7.05 Å². The maximum Gasteiger partial charge on any atom is 0.392 e. The van der Waals surface area contributed by atoms with Gasteiger partial charge in [-0.1, -0.05) is 6.92 Å². The van der Waals surface area contributed by atoms with Crippen LogP contribution < -0.4 is 10.1 Å². The minimum atomic E-state index is -4.22. The zero-order valence-corrected chi connectivity index (χ0v) is 9.64. The second-order valence-electron chi connectivity index (χ2n) is 3.32. The third kappa shape index (κ3) is 4.08. The van der Waals surface area contributed by atoms with Gasteiger partial charge in [0.2, 0.25) is 5.88 Å². The number of hydrogen-bond donors (Lipinski definition) is 1. The van der Waals surface area contributed by atoms with Crippen LogP contribution in [0.4, 0.5) is 19.0 Å². The minimum Gasteiger partial charge on any atom is -0.477 e. The average Bonchev–Trinajstić information content (AvgIpc) is 2.27. The molecule has 0 atom stereocenters. The van der Waals surface area contributed by atoms with E-state index < -0.39 is 19.2 Å². The Hall–Kier alpha value is -1.53. The molecule has 0 bridgehead atoms. The molecular formula is C10H14F3N3O. The lowest BCUT2D eigenvalue weighted by molar-refractivity contribution is -0.139. The van der Waals surface area contributed by atoms with Crippen LogP contribution in [0.5, 0.6) is 5.88 Å². The van der Waals surface area contributed by atoms with Gasteiger partial charge in [-0.2, -0.15) is 13.2 Å². The lowest BCUT2D eigenvalue weighted by Gasteiger charge is -2.12. The molecule has 0 aliphatic rings. The highest BCUT2D eigenvalue weighted by atomic mass is 19.4. The number of rotatable bonds is 5. The third-order valence-corrected chi connectivity index (χ3v) is 2.12. The molecular weight excluding hydrogens is 235 g/mol. The van der Waals surface area contributed by atoms with Crippen LogP contribution in [0.25, 0.3) is 0 Å². The van der Waals surface area contributed by atoms with Crippen molar-refractivity contribution in [2.24, 2.45) is 0 Å². The molecule has 1 heterocycles. The number of nitrogens with zero attached hydrogens (tertiary/aromatic N) is 2.